The number of hydrogen-bond acceptors (Lipinski definition) is 2. The molecule has 1 amide bonds. The predicted octanol–water partition coefficient (Wildman–Crippen LogP) is 3.67. The molecule has 0 aliphatic carbocycles. The Bertz CT molecular complexity index is 889. The number of amides is 1. The van der Waals surface area contributed by atoms with Crippen LogP contribution in [0.1, 0.15) is 11.3 Å². The third kappa shape index (κ3) is 1.97. The lowest BCUT2D eigenvalue weighted by molar-refractivity contribution is -0.110. The van der Waals surface area contributed by atoms with Crippen molar-refractivity contribution in [1.82, 2.24) is 4.98 Å². The van der Waals surface area contributed by atoms with E-state index in [1.165, 1.54) is 0 Å². The summed E-state index contributed by atoms with van der Waals surface area (Å²) in [5.41, 5.74) is 4.28. The lowest BCUT2D eigenvalue weighted by atomic mass is 10.1. The number of hydrogen-bond donors (Lipinski definition) is 2. The van der Waals surface area contributed by atoms with Crippen molar-refractivity contribution in [1.29, 1.82) is 0 Å². The van der Waals surface area contributed by atoms with Gasteiger partial charge in [0.25, 0.3) is 5.91 Å². The molecule has 0 fully saturated rings. The highest BCUT2D eigenvalue weighted by molar-refractivity contribution is 6.35. The van der Waals surface area contributed by atoms with Crippen LogP contribution < -0.4 is 10.1 Å². The highest BCUT2D eigenvalue weighted by Crippen LogP contribution is 2.35. The van der Waals surface area contributed by atoms with Crippen LogP contribution >= 0.6 is 0 Å². The number of carbonyl (C=O) groups excluding carboxylic acids is 1. The van der Waals surface area contributed by atoms with E-state index in [1.54, 1.807) is 7.11 Å². The summed E-state index contributed by atoms with van der Waals surface area (Å²) >= 11 is 0. The number of fused-ring (bicyclic) bond motifs is 2. The maximum absolute atomic E-state index is 12.2. The van der Waals surface area contributed by atoms with Crippen molar-refractivity contribution >= 4 is 34.1 Å². The zero-order valence-electron chi connectivity index (χ0n) is 12.0. The van der Waals surface area contributed by atoms with Gasteiger partial charge in [0.1, 0.15) is 5.75 Å². The van der Waals surface area contributed by atoms with Gasteiger partial charge in [-0.1, -0.05) is 18.2 Å². The van der Waals surface area contributed by atoms with Gasteiger partial charge in [0.05, 0.1) is 12.7 Å². The number of nitrogens with one attached hydrogen (secondary N) is 2. The molecule has 3 aromatic rings. The second kappa shape index (κ2) is 4.77. The molecular weight excluding hydrogens is 276 g/mol. The van der Waals surface area contributed by atoms with Crippen molar-refractivity contribution in [2.24, 2.45) is 0 Å². The van der Waals surface area contributed by atoms with E-state index >= 15 is 0 Å². The van der Waals surface area contributed by atoms with Crippen LogP contribution in [-0.2, 0) is 4.79 Å². The van der Waals surface area contributed by atoms with E-state index in [-0.39, 0.29) is 5.91 Å². The molecule has 0 saturated heterocycles. The molecule has 22 heavy (non-hydrogen) atoms. The predicted molar refractivity (Wildman–Crippen MR) is 87.8 cm³/mol. The maximum atomic E-state index is 12.2. The Hall–Kier alpha value is -3.01. The zero-order chi connectivity index (χ0) is 15.1. The van der Waals surface area contributed by atoms with Crippen LogP contribution in [0.25, 0.3) is 22.6 Å². The summed E-state index contributed by atoms with van der Waals surface area (Å²) in [6.07, 6.45) is 1.88. The van der Waals surface area contributed by atoms with Gasteiger partial charge in [0, 0.05) is 22.5 Å². The Balaban J connectivity index is 1.83. The van der Waals surface area contributed by atoms with E-state index in [4.69, 9.17) is 4.74 Å². The average molecular weight is 290 g/mol. The number of H-pyrrole nitrogens is 1. The summed E-state index contributed by atoms with van der Waals surface area (Å²) in [6, 6.07) is 15.6. The highest BCUT2D eigenvalue weighted by Gasteiger charge is 2.24. The molecule has 0 saturated carbocycles. The molecule has 4 rings (SSSR count). The Kier molecular flexibility index (Phi) is 2.76. The van der Waals surface area contributed by atoms with Crippen LogP contribution in [0, 0.1) is 0 Å². The van der Waals surface area contributed by atoms with Gasteiger partial charge >= 0.3 is 0 Å². The zero-order valence-corrected chi connectivity index (χ0v) is 12.0. The van der Waals surface area contributed by atoms with Crippen LogP contribution in [0.15, 0.2) is 48.5 Å². The van der Waals surface area contributed by atoms with Gasteiger partial charge in [-0.2, -0.15) is 0 Å². The Morgan fingerprint density at radius 2 is 1.95 bits per heavy atom. The van der Waals surface area contributed by atoms with Crippen molar-refractivity contribution in [3.05, 3.63) is 59.8 Å². The summed E-state index contributed by atoms with van der Waals surface area (Å²) in [7, 11) is 1.62. The van der Waals surface area contributed by atoms with Crippen molar-refractivity contribution in [2.45, 2.75) is 0 Å². The summed E-state index contributed by atoms with van der Waals surface area (Å²) in [6.45, 7) is 0. The van der Waals surface area contributed by atoms with Crippen LogP contribution in [0.3, 0.4) is 0 Å². The third-order valence-electron chi connectivity index (χ3n) is 3.86. The monoisotopic (exact) mass is 290 g/mol. The number of carbonyl (C=O) groups is 1. The normalized spacial score (nSPS) is 15.1. The number of para-hydroxylation sites is 1. The molecule has 2 heterocycles. The van der Waals surface area contributed by atoms with Gasteiger partial charge in [-0.15, -0.1) is 0 Å². The minimum atomic E-state index is -0.0955. The van der Waals surface area contributed by atoms with Crippen LogP contribution in [0.5, 0.6) is 5.75 Å². The summed E-state index contributed by atoms with van der Waals surface area (Å²) in [5.74, 6) is 0.639. The Labute approximate surface area is 127 Å². The molecule has 4 nitrogen and oxygen atoms in total. The molecule has 1 aliphatic heterocycles. The van der Waals surface area contributed by atoms with Crippen molar-refractivity contribution < 1.29 is 9.53 Å². The SMILES string of the molecule is COc1ccc2c(c1)C(=Cc1cc3ccccc3[nH]1)C(=O)N2. The summed E-state index contributed by atoms with van der Waals surface area (Å²) in [5, 5.41) is 4.00. The van der Waals surface area contributed by atoms with Crippen LogP contribution in [-0.4, -0.2) is 18.0 Å². The third-order valence-corrected chi connectivity index (χ3v) is 3.86. The molecule has 0 atom stereocenters. The minimum Gasteiger partial charge on any atom is -0.497 e. The van der Waals surface area contributed by atoms with Gasteiger partial charge in [-0.25, -0.2) is 0 Å². The smallest absolute Gasteiger partial charge is 0.256 e. The summed E-state index contributed by atoms with van der Waals surface area (Å²) in [4.78, 5) is 15.5. The van der Waals surface area contributed by atoms with E-state index in [2.05, 4.69) is 10.3 Å². The fraction of sp³-hybridized carbons (Fsp3) is 0.0556. The molecular formula is C18H14N2O2. The second-order valence-electron chi connectivity index (χ2n) is 5.24. The van der Waals surface area contributed by atoms with Gasteiger partial charge in [0.2, 0.25) is 0 Å². The van der Waals surface area contributed by atoms with E-state index in [0.29, 0.717) is 5.57 Å². The Morgan fingerprint density at radius 1 is 1.09 bits per heavy atom. The fourth-order valence-electron chi connectivity index (χ4n) is 2.77. The van der Waals surface area contributed by atoms with Gasteiger partial charge in [0.15, 0.2) is 0 Å². The first-order valence-electron chi connectivity index (χ1n) is 7.04. The van der Waals surface area contributed by atoms with Crippen molar-refractivity contribution in [2.75, 3.05) is 12.4 Å². The standard InChI is InChI=1S/C18H14N2O2/c1-22-13-6-7-17-14(10-13)15(18(21)20-17)9-12-8-11-4-2-3-5-16(11)19-12/h2-10,19H,1H3,(H,20,21). The highest BCUT2D eigenvalue weighted by atomic mass is 16.5. The van der Waals surface area contributed by atoms with Gasteiger partial charge in [-0.3, -0.25) is 4.79 Å². The lowest BCUT2D eigenvalue weighted by Crippen LogP contribution is -2.03. The van der Waals surface area contributed by atoms with E-state index in [0.717, 1.165) is 33.6 Å². The molecule has 108 valence electrons. The number of benzene rings is 2. The molecule has 1 aliphatic rings. The quantitative estimate of drug-likeness (QED) is 0.707. The number of ether oxygens (including phenoxy) is 1. The number of anilines is 1. The van der Waals surface area contributed by atoms with Crippen LogP contribution in [0.4, 0.5) is 5.69 Å². The van der Waals surface area contributed by atoms with E-state index in [9.17, 15) is 4.79 Å². The molecule has 0 radical (unpaired) electrons. The number of rotatable bonds is 2. The lowest BCUT2D eigenvalue weighted by Gasteiger charge is -2.02. The van der Waals surface area contributed by atoms with Gasteiger partial charge in [-0.05, 0) is 41.8 Å². The molecule has 4 heteroatoms. The van der Waals surface area contributed by atoms with E-state index < -0.39 is 0 Å². The molecule has 2 N–H and O–H groups in total. The Morgan fingerprint density at radius 3 is 2.77 bits per heavy atom. The first-order valence-corrected chi connectivity index (χ1v) is 7.04. The molecule has 0 unspecified atom stereocenters. The molecule has 2 aromatic carbocycles. The molecule has 0 bridgehead atoms. The summed E-state index contributed by atoms with van der Waals surface area (Å²) < 4.78 is 5.25. The minimum absolute atomic E-state index is 0.0955. The number of methoxy groups -OCH3 is 1. The number of aromatic amines is 1. The largest absolute Gasteiger partial charge is 0.497 e. The fourth-order valence-corrected chi connectivity index (χ4v) is 2.77. The maximum Gasteiger partial charge on any atom is 0.256 e. The average Bonchev–Trinajstić information content (AvgIpc) is 3.08. The van der Waals surface area contributed by atoms with Crippen molar-refractivity contribution in [3.63, 3.8) is 0 Å². The topological polar surface area (TPSA) is 54.1 Å². The molecule has 1 aromatic heterocycles. The van der Waals surface area contributed by atoms with Crippen LogP contribution in [0.2, 0.25) is 0 Å². The second-order valence-corrected chi connectivity index (χ2v) is 5.24. The number of aromatic nitrogens is 1. The first kappa shape index (κ1) is 12.7. The van der Waals surface area contributed by atoms with Gasteiger partial charge < -0.3 is 15.0 Å². The van der Waals surface area contributed by atoms with Crippen molar-refractivity contribution in [3.8, 4) is 5.75 Å². The molecule has 0 spiro atoms. The van der Waals surface area contributed by atoms with E-state index in [1.807, 2.05) is 54.6 Å². The first-order chi connectivity index (χ1) is 10.7.